The quantitative estimate of drug-likeness (QED) is 0.699. The maximum atomic E-state index is 12.4. The lowest BCUT2D eigenvalue weighted by atomic mass is 10.0. The van der Waals surface area contributed by atoms with E-state index in [1.807, 2.05) is 36.4 Å². The average Bonchev–Trinajstić information content (AvgIpc) is 2.67. The van der Waals surface area contributed by atoms with Gasteiger partial charge in [-0.2, -0.15) is 0 Å². The summed E-state index contributed by atoms with van der Waals surface area (Å²) >= 11 is 0. The highest BCUT2D eigenvalue weighted by atomic mass is 16.1. The van der Waals surface area contributed by atoms with Crippen molar-refractivity contribution in [2.45, 2.75) is 26.3 Å². The molecule has 0 atom stereocenters. The monoisotopic (exact) mass is 346 g/mol. The van der Waals surface area contributed by atoms with Gasteiger partial charge in [-0.15, -0.1) is 0 Å². The van der Waals surface area contributed by atoms with E-state index in [9.17, 15) is 4.79 Å². The Morgan fingerprint density at radius 1 is 1.08 bits per heavy atom. The van der Waals surface area contributed by atoms with Gasteiger partial charge in [0.25, 0.3) is 5.91 Å². The first-order valence-corrected chi connectivity index (χ1v) is 8.62. The topological polar surface area (TPSA) is 66.9 Å². The van der Waals surface area contributed by atoms with Crippen LogP contribution in [0.25, 0.3) is 0 Å². The van der Waals surface area contributed by atoms with Crippen molar-refractivity contribution in [3.63, 3.8) is 0 Å². The Morgan fingerprint density at radius 3 is 2.69 bits per heavy atom. The molecule has 0 spiro atoms. The van der Waals surface area contributed by atoms with Crippen LogP contribution in [0.4, 0.5) is 11.4 Å². The predicted molar refractivity (Wildman–Crippen MR) is 103 cm³/mol. The van der Waals surface area contributed by atoms with Crippen LogP contribution in [-0.4, -0.2) is 15.9 Å². The van der Waals surface area contributed by atoms with E-state index < -0.39 is 0 Å². The molecule has 0 aliphatic heterocycles. The Labute approximate surface area is 153 Å². The molecule has 0 fully saturated rings. The van der Waals surface area contributed by atoms with Crippen molar-refractivity contribution in [3.8, 4) is 0 Å². The second-order valence-electron chi connectivity index (χ2n) is 6.34. The van der Waals surface area contributed by atoms with E-state index in [0.717, 1.165) is 16.9 Å². The number of aromatic nitrogens is 2. The molecular formula is C21H22N4O. The minimum atomic E-state index is -0.213. The van der Waals surface area contributed by atoms with Gasteiger partial charge in [-0.05, 0) is 41.3 Å². The van der Waals surface area contributed by atoms with Gasteiger partial charge in [0.2, 0.25) is 0 Å². The highest BCUT2D eigenvalue weighted by Gasteiger charge is 2.10. The van der Waals surface area contributed by atoms with Crippen LogP contribution in [0.3, 0.4) is 0 Å². The fourth-order valence-electron chi connectivity index (χ4n) is 2.68. The summed E-state index contributed by atoms with van der Waals surface area (Å²) in [7, 11) is 0. The van der Waals surface area contributed by atoms with Gasteiger partial charge in [0.15, 0.2) is 0 Å². The van der Waals surface area contributed by atoms with Gasteiger partial charge in [-0.3, -0.25) is 14.8 Å². The number of carbonyl (C=O) groups excluding carboxylic acids is 1. The van der Waals surface area contributed by atoms with Crippen molar-refractivity contribution in [2.75, 3.05) is 5.32 Å². The smallest absolute Gasteiger partial charge is 0.270 e. The molecule has 1 amide bonds. The van der Waals surface area contributed by atoms with E-state index in [0.29, 0.717) is 18.2 Å². The first-order valence-electron chi connectivity index (χ1n) is 8.62. The van der Waals surface area contributed by atoms with Crippen LogP contribution in [0.5, 0.6) is 0 Å². The molecule has 0 saturated carbocycles. The van der Waals surface area contributed by atoms with Gasteiger partial charge in [-0.1, -0.05) is 38.1 Å². The fraction of sp³-hybridized carbons (Fsp3) is 0.190. The zero-order valence-electron chi connectivity index (χ0n) is 14.9. The second-order valence-corrected chi connectivity index (χ2v) is 6.34. The van der Waals surface area contributed by atoms with Crippen molar-refractivity contribution in [3.05, 3.63) is 83.9 Å². The third-order valence-electron chi connectivity index (χ3n) is 4.03. The van der Waals surface area contributed by atoms with Gasteiger partial charge in [0.1, 0.15) is 5.69 Å². The summed E-state index contributed by atoms with van der Waals surface area (Å²) in [5, 5.41) is 6.26. The van der Waals surface area contributed by atoms with Gasteiger partial charge in [-0.25, -0.2) is 0 Å². The van der Waals surface area contributed by atoms with Gasteiger partial charge in [0.05, 0.1) is 0 Å². The normalized spacial score (nSPS) is 10.6. The van der Waals surface area contributed by atoms with E-state index in [-0.39, 0.29) is 5.91 Å². The highest BCUT2D eigenvalue weighted by molar-refractivity contribution is 5.93. The zero-order valence-corrected chi connectivity index (χ0v) is 14.9. The van der Waals surface area contributed by atoms with E-state index in [1.165, 1.54) is 5.56 Å². The van der Waals surface area contributed by atoms with Crippen LogP contribution in [0.1, 0.15) is 41.4 Å². The number of amides is 1. The molecule has 0 saturated heterocycles. The maximum absolute atomic E-state index is 12.4. The third kappa shape index (κ3) is 4.45. The van der Waals surface area contributed by atoms with E-state index in [1.54, 1.807) is 24.7 Å². The maximum Gasteiger partial charge on any atom is 0.270 e. The number of hydrogen-bond donors (Lipinski definition) is 2. The molecule has 2 aromatic heterocycles. The Hall–Kier alpha value is -3.21. The molecule has 3 rings (SSSR count). The Balaban J connectivity index is 1.71. The van der Waals surface area contributed by atoms with Crippen LogP contribution in [-0.2, 0) is 6.54 Å². The standard InChI is InChI=1S/C21H22N4O/c1-15(2)18-7-3-4-8-19(18)25-17-9-11-23-20(12-17)21(26)24-14-16-6-5-10-22-13-16/h3-13,15H,14H2,1-2H3,(H,23,25)(H,24,26). The molecule has 2 N–H and O–H groups in total. The lowest BCUT2D eigenvalue weighted by Crippen LogP contribution is -2.23. The van der Waals surface area contributed by atoms with Gasteiger partial charge >= 0.3 is 0 Å². The van der Waals surface area contributed by atoms with Crippen molar-refractivity contribution in [1.82, 2.24) is 15.3 Å². The van der Waals surface area contributed by atoms with Crippen LogP contribution in [0.2, 0.25) is 0 Å². The Bertz CT molecular complexity index is 878. The number of para-hydroxylation sites is 1. The predicted octanol–water partition coefficient (Wildman–Crippen LogP) is 4.27. The van der Waals surface area contributed by atoms with Crippen LogP contribution in [0, 0.1) is 0 Å². The van der Waals surface area contributed by atoms with Crippen molar-refractivity contribution in [2.24, 2.45) is 0 Å². The lowest BCUT2D eigenvalue weighted by molar-refractivity contribution is 0.0946. The number of carbonyl (C=O) groups is 1. The molecule has 26 heavy (non-hydrogen) atoms. The average molecular weight is 346 g/mol. The molecule has 3 aromatic rings. The molecule has 0 bridgehead atoms. The summed E-state index contributed by atoms with van der Waals surface area (Å²) < 4.78 is 0. The number of nitrogens with one attached hydrogen (secondary N) is 2. The SMILES string of the molecule is CC(C)c1ccccc1Nc1ccnc(C(=O)NCc2cccnc2)c1. The first kappa shape index (κ1) is 17.6. The van der Waals surface area contributed by atoms with Gasteiger partial charge < -0.3 is 10.6 Å². The number of pyridine rings is 2. The summed E-state index contributed by atoms with van der Waals surface area (Å²) in [5.41, 5.74) is 4.42. The summed E-state index contributed by atoms with van der Waals surface area (Å²) in [5.74, 6) is 0.192. The second kappa shape index (κ2) is 8.25. The zero-order chi connectivity index (χ0) is 18.4. The molecule has 132 valence electrons. The lowest BCUT2D eigenvalue weighted by Gasteiger charge is -2.15. The molecule has 5 nitrogen and oxygen atoms in total. The van der Waals surface area contributed by atoms with Crippen LogP contribution >= 0.6 is 0 Å². The van der Waals surface area contributed by atoms with E-state index >= 15 is 0 Å². The molecule has 0 aliphatic rings. The molecule has 2 heterocycles. The molecule has 0 radical (unpaired) electrons. The summed E-state index contributed by atoms with van der Waals surface area (Å²) in [6.45, 7) is 4.73. The van der Waals surface area contributed by atoms with E-state index in [4.69, 9.17) is 0 Å². The van der Waals surface area contributed by atoms with Crippen molar-refractivity contribution >= 4 is 17.3 Å². The number of hydrogen-bond acceptors (Lipinski definition) is 4. The van der Waals surface area contributed by atoms with Crippen LogP contribution in [0.15, 0.2) is 67.1 Å². The van der Waals surface area contributed by atoms with E-state index in [2.05, 4.69) is 40.5 Å². The highest BCUT2D eigenvalue weighted by Crippen LogP contribution is 2.26. The molecule has 0 unspecified atom stereocenters. The Morgan fingerprint density at radius 2 is 1.92 bits per heavy atom. The summed E-state index contributed by atoms with van der Waals surface area (Å²) in [6.07, 6.45) is 5.07. The Kier molecular flexibility index (Phi) is 5.59. The van der Waals surface area contributed by atoms with Crippen molar-refractivity contribution in [1.29, 1.82) is 0 Å². The summed E-state index contributed by atoms with van der Waals surface area (Å²) in [6, 6.07) is 15.6. The van der Waals surface area contributed by atoms with Crippen LogP contribution < -0.4 is 10.6 Å². The fourth-order valence-corrected chi connectivity index (χ4v) is 2.68. The largest absolute Gasteiger partial charge is 0.355 e. The third-order valence-corrected chi connectivity index (χ3v) is 4.03. The number of nitrogens with zero attached hydrogens (tertiary/aromatic N) is 2. The van der Waals surface area contributed by atoms with Crippen molar-refractivity contribution < 1.29 is 4.79 Å². The number of anilines is 2. The first-order chi connectivity index (χ1) is 12.6. The number of rotatable bonds is 6. The minimum absolute atomic E-state index is 0.213. The molecule has 0 aliphatic carbocycles. The minimum Gasteiger partial charge on any atom is -0.355 e. The number of benzene rings is 1. The van der Waals surface area contributed by atoms with Gasteiger partial charge in [0, 0.05) is 36.5 Å². The summed E-state index contributed by atoms with van der Waals surface area (Å²) in [4.78, 5) is 20.6. The molecular weight excluding hydrogens is 324 g/mol. The molecule has 5 heteroatoms. The molecule has 1 aromatic carbocycles.